The number of para-hydroxylation sites is 2. The number of aliphatic hydroxyl groups excluding tert-OH is 1. The summed E-state index contributed by atoms with van der Waals surface area (Å²) < 4.78 is 3.89. The Bertz CT molecular complexity index is 894. The van der Waals surface area contributed by atoms with Crippen LogP contribution >= 0.6 is 0 Å². The molecule has 2 aliphatic rings. The summed E-state index contributed by atoms with van der Waals surface area (Å²) in [5, 5.41) is 11.0. The van der Waals surface area contributed by atoms with Gasteiger partial charge in [-0.25, -0.2) is 4.79 Å². The summed E-state index contributed by atoms with van der Waals surface area (Å²) in [6.07, 6.45) is 10.9. The Labute approximate surface area is 187 Å². The van der Waals surface area contributed by atoms with Gasteiger partial charge in [-0.3, -0.25) is 9.13 Å². The zero-order chi connectivity index (χ0) is 21.8. The van der Waals surface area contributed by atoms with Crippen molar-refractivity contribution >= 4 is 11.0 Å². The molecule has 2 heterocycles. The highest BCUT2D eigenvalue weighted by atomic mass is 16.3. The van der Waals surface area contributed by atoms with Crippen LogP contribution in [0.2, 0.25) is 0 Å². The monoisotopic (exact) mass is 427 g/mol. The maximum absolute atomic E-state index is 13.4. The van der Waals surface area contributed by atoms with Gasteiger partial charge in [-0.05, 0) is 50.7 Å². The molecule has 31 heavy (non-hydrogen) atoms. The first-order valence-electron chi connectivity index (χ1n) is 12.7. The number of aliphatic hydroxyl groups is 1. The lowest BCUT2D eigenvalue weighted by Gasteiger charge is -2.42. The molecule has 2 fully saturated rings. The lowest BCUT2D eigenvalue weighted by Crippen LogP contribution is -2.49. The number of hydrogen-bond acceptors (Lipinski definition) is 3. The molecule has 0 bridgehead atoms. The van der Waals surface area contributed by atoms with E-state index in [4.69, 9.17) is 0 Å². The maximum atomic E-state index is 13.4. The molecule has 0 radical (unpaired) electrons. The Morgan fingerprint density at radius 2 is 1.68 bits per heavy atom. The van der Waals surface area contributed by atoms with Gasteiger partial charge in [-0.2, -0.15) is 0 Å². The van der Waals surface area contributed by atoms with Crippen molar-refractivity contribution < 1.29 is 5.11 Å². The predicted octanol–water partition coefficient (Wildman–Crippen LogP) is 4.82. The summed E-state index contributed by atoms with van der Waals surface area (Å²) in [6, 6.07) is 8.21. The van der Waals surface area contributed by atoms with Crippen LogP contribution in [0.4, 0.5) is 0 Å². The van der Waals surface area contributed by atoms with Crippen LogP contribution in [0.25, 0.3) is 11.0 Å². The minimum atomic E-state index is -0.374. The third kappa shape index (κ3) is 4.78. The van der Waals surface area contributed by atoms with Crippen molar-refractivity contribution in [1.82, 2.24) is 14.0 Å². The van der Waals surface area contributed by atoms with Gasteiger partial charge in [0.2, 0.25) is 0 Å². The quantitative estimate of drug-likeness (QED) is 0.719. The molecular formula is C26H41N3O2. The van der Waals surface area contributed by atoms with Crippen molar-refractivity contribution in [3.63, 3.8) is 0 Å². The number of benzene rings is 1. The number of fused-ring (bicyclic) bond motifs is 1. The molecular weight excluding hydrogens is 386 g/mol. The maximum Gasteiger partial charge on any atom is 0.329 e. The Morgan fingerprint density at radius 3 is 2.35 bits per heavy atom. The number of rotatable bonds is 6. The largest absolute Gasteiger partial charge is 0.393 e. The van der Waals surface area contributed by atoms with Crippen LogP contribution in [0.3, 0.4) is 0 Å². The van der Waals surface area contributed by atoms with Crippen LogP contribution in [-0.4, -0.2) is 44.9 Å². The molecule has 5 heteroatoms. The van der Waals surface area contributed by atoms with Crippen molar-refractivity contribution in [2.45, 2.75) is 90.3 Å². The van der Waals surface area contributed by atoms with E-state index in [1.54, 1.807) is 0 Å². The van der Waals surface area contributed by atoms with Gasteiger partial charge in [0.05, 0.1) is 17.1 Å². The topological polar surface area (TPSA) is 50.4 Å². The highest BCUT2D eigenvalue weighted by Gasteiger charge is 2.37. The molecule has 1 aliphatic carbocycles. The van der Waals surface area contributed by atoms with E-state index in [9.17, 15) is 9.90 Å². The number of likely N-dealkylation sites (tertiary alicyclic amines) is 1. The zero-order valence-electron chi connectivity index (χ0n) is 19.5. The van der Waals surface area contributed by atoms with Gasteiger partial charge in [0.25, 0.3) is 0 Å². The Hall–Kier alpha value is -1.59. The van der Waals surface area contributed by atoms with Gasteiger partial charge >= 0.3 is 5.69 Å². The molecule has 1 aliphatic heterocycles. The average Bonchev–Trinajstić information content (AvgIpc) is 3.06. The molecule has 1 saturated heterocycles. The van der Waals surface area contributed by atoms with Gasteiger partial charge in [0, 0.05) is 38.1 Å². The standard InChI is InChI=1S/C26H41N3O2/c1-3-25(30)21-19-27(18-20-12-8-6-5-7-9-13-20)17-16-22(21)29-24-15-11-10-14-23(24)28(4-2)26(29)31/h10-11,14-15,20-22,25,30H,3-9,12-13,16-19H2,1-2H3. The predicted molar refractivity (Wildman–Crippen MR) is 128 cm³/mol. The number of imidazole rings is 1. The third-order valence-corrected chi connectivity index (χ3v) is 7.87. The summed E-state index contributed by atoms with van der Waals surface area (Å²) in [7, 11) is 0. The summed E-state index contributed by atoms with van der Waals surface area (Å²) >= 11 is 0. The fourth-order valence-corrected chi connectivity index (χ4v) is 6.15. The minimum Gasteiger partial charge on any atom is -0.393 e. The number of hydrogen-bond donors (Lipinski definition) is 1. The Kier molecular flexibility index (Phi) is 7.55. The molecule has 0 amide bonds. The van der Waals surface area contributed by atoms with Crippen LogP contribution in [0.15, 0.2) is 29.1 Å². The molecule has 1 saturated carbocycles. The van der Waals surface area contributed by atoms with Crippen LogP contribution in [0, 0.1) is 11.8 Å². The molecule has 1 aromatic carbocycles. The zero-order valence-corrected chi connectivity index (χ0v) is 19.5. The van der Waals surface area contributed by atoms with E-state index in [0.29, 0.717) is 6.54 Å². The molecule has 4 rings (SSSR count). The normalized spacial score (nSPS) is 25.4. The van der Waals surface area contributed by atoms with E-state index in [2.05, 4.69) is 17.9 Å². The first-order chi connectivity index (χ1) is 15.1. The molecule has 172 valence electrons. The Balaban J connectivity index is 1.58. The van der Waals surface area contributed by atoms with E-state index in [1.165, 1.54) is 44.9 Å². The highest BCUT2D eigenvalue weighted by molar-refractivity contribution is 5.76. The van der Waals surface area contributed by atoms with E-state index in [0.717, 1.165) is 49.4 Å². The molecule has 2 aromatic rings. The first kappa shape index (κ1) is 22.6. The summed E-state index contributed by atoms with van der Waals surface area (Å²) in [4.78, 5) is 16.0. The van der Waals surface area contributed by atoms with Crippen LogP contribution in [-0.2, 0) is 6.54 Å². The molecule has 3 unspecified atom stereocenters. The number of nitrogens with zero attached hydrogens (tertiary/aromatic N) is 3. The van der Waals surface area contributed by atoms with Crippen LogP contribution < -0.4 is 5.69 Å². The summed E-state index contributed by atoms with van der Waals surface area (Å²) in [6.45, 7) is 7.85. The SMILES string of the molecule is CCC(O)C1CN(CC2CCCCCCC2)CCC1n1c(=O)n(CC)c2ccccc21. The summed E-state index contributed by atoms with van der Waals surface area (Å²) in [5.74, 6) is 0.891. The van der Waals surface area contributed by atoms with Crippen molar-refractivity contribution in [2.75, 3.05) is 19.6 Å². The number of aromatic nitrogens is 2. The fraction of sp³-hybridized carbons (Fsp3) is 0.731. The first-order valence-corrected chi connectivity index (χ1v) is 12.7. The lowest BCUT2D eigenvalue weighted by atomic mass is 9.84. The second kappa shape index (κ2) is 10.4. The van der Waals surface area contributed by atoms with E-state index < -0.39 is 0 Å². The smallest absolute Gasteiger partial charge is 0.329 e. The molecule has 0 spiro atoms. The van der Waals surface area contributed by atoms with Gasteiger partial charge in [0.1, 0.15) is 0 Å². The molecule has 1 N–H and O–H groups in total. The van der Waals surface area contributed by atoms with Crippen molar-refractivity contribution in [3.8, 4) is 0 Å². The molecule has 1 aromatic heterocycles. The van der Waals surface area contributed by atoms with Crippen molar-refractivity contribution in [3.05, 3.63) is 34.7 Å². The number of piperidine rings is 1. The molecule has 3 atom stereocenters. The van der Waals surface area contributed by atoms with Crippen LogP contribution in [0.1, 0.15) is 77.7 Å². The lowest BCUT2D eigenvalue weighted by molar-refractivity contribution is 0.00995. The van der Waals surface area contributed by atoms with Gasteiger partial charge in [0.15, 0.2) is 0 Å². The number of aryl methyl sites for hydroxylation is 1. The fourth-order valence-electron chi connectivity index (χ4n) is 6.15. The van der Waals surface area contributed by atoms with Crippen molar-refractivity contribution in [1.29, 1.82) is 0 Å². The van der Waals surface area contributed by atoms with Crippen LogP contribution in [0.5, 0.6) is 0 Å². The highest BCUT2D eigenvalue weighted by Crippen LogP contribution is 2.34. The second-order valence-electron chi connectivity index (χ2n) is 9.85. The Morgan fingerprint density at radius 1 is 1.00 bits per heavy atom. The van der Waals surface area contributed by atoms with E-state index >= 15 is 0 Å². The van der Waals surface area contributed by atoms with E-state index in [1.807, 2.05) is 34.3 Å². The minimum absolute atomic E-state index is 0.0636. The molecule has 5 nitrogen and oxygen atoms in total. The second-order valence-corrected chi connectivity index (χ2v) is 9.85. The van der Waals surface area contributed by atoms with Crippen molar-refractivity contribution in [2.24, 2.45) is 11.8 Å². The third-order valence-electron chi connectivity index (χ3n) is 7.87. The van der Waals surface area contributed by atoms with Gasteiger partial charge in [-0.1, -0.05) is 51.2 Å². The average molecular weight is 428 g/mol. The van der Waals surface area contributed by atoms with Gasteiger partial charge in [-0.15, -0.1) is 0 Å². The van der Waals surface area contributed by atoms with Gasteiger partial charge < -0.3 is 10.0 Å². The van der Waals surface area contributed by atoms with E-state index in [-0.39, 0.29) is 23.8 Å². The summed E-state index contributed by atoms with van der Waals surface area (Å²) in [5.41, 5.74) is 2.10.